The Morgan fingerprint density at radius 1 is 1.17 bits per heavy atom. The maximum atomic E-state index is 12.1. The number of ether oxygens (including phenoxy) is 1. The van der Waals surface area contributed by atoms with Crippen LogP contribution in [-0.4, -0.2) is 52.1 Å². The van der Waals surface area contributed by atoms with E-state index in [0.717, 1.165) is 11.3 Å². The Kier molecular flexibility index (Phi) is 10.9. The Morgan fingerprint density at radius 3 is 2.59 bits per heavy atom. The predicted octanol–water partition coefficient (Wildman–Crippen LogP) is 1.92. The lowest BCUT2D eigenvalue weighted by Gasteiger charge is -2.18. The monoisotopic (exact) mass is 533 g/mol. The number of halogens is 1. The van der Waals surface area contributed by atoms with E-state index >= 15 is 0 Å². The van der Waals surface area contributed by atoms with E-state index in [1.54, 1.807) is 13.1 Å². The molecule has 8 nitrogen and oxygen atoms in total. The number of hydrogen-bond donors (Lipinski definition) is 3. The Bertz CT molecular complexity index is 878. The summed E-state index contributed by atoms with van der Waals surface area (Å²) in [4.78, 5) is 8.09. The maximum absolute atomic E-state index is 12.1. The molecule has 0 aliphatic rings. The van der Waals surface area contributed by atoms with Crippen LogP contribution in [-0.2, 0) is 10.0 Å². The van der Waals surface area contributed by atoms with Gasteiger partial charge in [0.1, 0.15) is 16.7 Å². The number of aryl methyl sites for hydroxylation is 1. The summed E-state index contributed by atoms with van der Waals surface area (Å²) < 4.78 is 32.7. The third kappa shape index (κ3) is 8.54. The fourth-order valence-electron chi connectivity index (χ4n) is 2.36. The fourth-order valence-corrected chi connectivity index (χ4v) is 3.36. The number of hydrogen-bond acceptors (Lipinski definition) is 5. The third-order valence-corrected chi connectivity index (χ3v) is 5.30. The Labute approximate surface area is 189 Å². The molecular formula is C19H28IN5O3S. The smallest absolute Gasteiger partial charge is 0.242 e. The first kappa shape index (κ1) is 25.1. The number of sulfonamides is 1. The minimum absolute atomic E-state index is 0. The van der Waals surface area contributed by atoms with Crippen LogP contribution in [0.4, 0.5) is 0 Å². The summed E-state index contributed by atoms with van der Waals surface area (Å²) in [6.07, 6.45) is 2.77. The number of guanidine groups is 1. The van der Waals surface area contributed by atoms with Crippen molar-refractivity contribution in [1.29, 1.82) is 0 Å². The molecule has 0 aliphatic heterocycles. The van der Waals surface area contributed by atoms with Crippen LogP contribution in [0.3, 0.4) is 0 Å². The van der Waals surface area contributed by atoms with Gasteiger partial charge in [0.2, 0.25) is 10.0 Å². The average molecular weight is 533 g/mol. The van der Waals surface area contributed by atoms with Gasteiger partial charge in [-0.15, -0.1) is 24.0 Å². The van der Waals surface area contributed by atoms with Crippen LogP contribution in [0.5, 0.6) is 5.75 Å². The first-order valence-electron chi connectivity index (χ1n) is 8.99. The normalized spacial score (nSPS) is 12.6. The molecule has 160 valence electrons. The lowest BCUT2D eigenvalue weighted by Crippen LogP contribution is -2.44. The molecule has 0 aliphatic carbocycles. The van der Waals surface area contributed by atoms with E-state index in [1.807, 2.05) is 38.1 Å². The highest BCUT2D eigenvalue weighted by atomic mass is 127. The van der Waals surface area contributed by atoms with Crippen LogP contribution in [0.1, 0.15) is 12.5 Å². The summed E-state index contributed by atoms with van der Waals surface area (Å²) >= 11 is 0. The van der Waals surface area contributed by atoms with Gasteiger partial charge in [0.15, 0.2) is 5.96 Å². The Morgan fingerprint density at radius 2 is 1.93 bits per heavy atom. The van der Waals surface area contributed by atoms with Crippen molar-refractivity contribution in [3.8, 4) is 5.75 Å². The molecule has 0 saturated heterocycles. The minimum Gasteiger partial charge on any atom is -0.489 e. The highest BCUT2D eigenvalue weighted by molar-refractivity contribution is 14.0. The van der Waals surface area contributed by atoms with Crippen molar-refractivity contribution in [2.45, 2.75) is 24.8 Å². The van der Waals surface area contributed by atoms with Crippen molar-refractivity contribution in [1.82, 2.24) is 20.3 Å². The van der Waals surface area contributed by atoms with Gasteiger partial charge in [-0.05, 0) is 37.6 Å². The van der Waals surface area contributed by atoms with Gasteiger partial charge < -0.3 is 15.4 Å². The summed E-state index contributed by atoms with van der Waals surface area (Å²) in [6.45, 7) is 5.12. The highest BCUT2D eigenvalue weighted by Gasteiger charge is 2.13. The van der Waals surface area contributed by atoms with Gasteiger partial charge in [-0.1, -0.05) is 18.2 Å². The van der Waals surface area contributed by atoms with Crippen molar-refractivity contribution >= 4 is 40.0 Å². The maximum Gasteiger partial charge on any atom is 0.242 e. The van der Waals surface area contributed by atoms with Crippen LogP contribution in [0.15, 0.2) is 58.7 Å². The van der Waals surface area contributed by atoms with Crippen molar-refractivity contribution < 1.29 is 13.2 Å². The number of pyridine rings is 1. The van der Waals surface area contributed by atoms with E-state index in [-0.39, 0.29) is 41.5 Å². The molecule has 1 aromatic heterocycles. The van der Waals surface area contributed by atoms with Crippen LogP contribution < -0.4 is 20.1 Å². The molecule has 1 heterocycles. The molecule has 2 rings (SSSR count). The van der Waals surface area contributed by atoms with Crippen LogP contribution >= 0.6 is 24.0 Å². The third-order valence-electron chi connectivity index (χ3n) is 3.86. The Hall–Kier alpha value is -1.92. The fraction of sp³-hybridized carbons (Fsp3) is 0.368. The zero-order valence-corrected chi connectivity index (χ0v) is 19.9. The molecule has 1 aromatic carbocycles. The number of nitrogens with one attached hydrogen (secondary N) is 3. The topological polar surface area (TPSA) is 105 Å². The lowest BCUT2D eigenvalue weighted by molar-refractivity contribution is 0.222. The van der Waals surface area contributed by atoms with E-state index in [4.69, 9.17) is 4.74 Å². The summed E-state index contributed by atoms with van der Waals surface area (Å²) in [6, 6.07) is 10.9. The number of nitrogens with zero attached hydrogens (tertiary/aromatic N) is 2. The second-order valence-corrected chi connectivity index (χ2v) is 7.93. The SMILES string of the molecule is CN=C(NCCNS(=O)(=O)c1cccnc1)NCC(C)Oc1ccccc1C.I. The first-order valence-corrected chi connectivity index (χ1v) is 10.5. The minimum atomic E-state index is -3.56. The standard InChI is InChI=1S/C19H27N5O3S.HI/c1-15-7-4-5-9-18(15)27-16(2)13-23-19(20-3)22-11-12-24-28(25,26)17-8-6-10-21-14-17;/h4-10,14,16,24H,11-13H2,1-3H3,(H2,20,22,23);1H. The average Bonchev–Trinajstić information content (AvgIpc) is 2.70. The van der Waals surface area contributed by atoms with Crippen molar-refractivity contribution in [3.05, 3.63) is 54.4 Å². The summed E-state index contributed by atoms with van der Waals surface area (Å²) in [7, 11) is -1.91. The number of rotatable bonds is 9. The second kappa shape index (κ2) is 12.6. The zero-order valence-electron chi connectivity index (χ0n) is 16.8. The number of aliphatic imine (C=N–C) groups is 1. The van der Waals surface area contributed by atoms with Crippen molar-refractivity contribution in [2.24, 2.45) is 4.99 Å². The van der Waals surface area contributed by atoms with Gasteiger partial charge in [-0.2, -0.15) is 0 Å². The molecule has 0 amide bonds. The molecule has 1 atom stereocenters. The number of aromatic nitrogens is 1. The van der Waals surface area contributed by atoms with Crippen LogP contribution in [0.2, 0.25) is 0 Å². The van der Waals surface area contributed by atoms with Crippen molar-refractivity contribution in [3.63, 3.8) is 0 Å². The molecule has 0 radical (unpaired) electrons. The second-order valence-electron chi connectivity index (χ2n) is 6.16. The predicted molar refractivity (Wildman–Crippen MR) is 125 cm³/mol. The van der Waals surface area contributed by atoms with Gasteiger partial charge in [-0.3, -0.25) is 9.98 Å². The van der Waals surface area contributed by atoms with E-state index in [1.165, 1.54) is 18.5 Å². The molecule has 3 N–H and O–H groups in total. The van der Waals surface area contributed by atoms with Gasteiger partial charge in [0.05, 0.1) is 6.54 Å². The highest BCUT2D eigenvalue weighted by Crippen LogP contribution is 2.17. The lowest BCUT2D eigenvalue weighted by atomic mass is 10.2. The largest absolute Gasteiger partial charge is 0.489 e. The molecule has 29 heavy (non-hydrogen) atoms. The van der Waals surface area contributed by atoms with Crippen molar-refractivity contribution in [2.75, 3.05) is 26.7 Å². The number of para-hydroxylation sites is 1. The zero-order chi connectivity index (χ0) is 20.4. The molecule has 10 heteroatoms. The molecule has 0 fully saturated rings. The molecule has 0 bridgehead atoms. The molecule has 1 unspecified atom stereocenters. The van der Waals surface area contributed by atoms with E-state index < -0.39 is 10.0 Å². The van der Waals surface area contributed by atoms with Gasteiger partial charge in [0, 0.05) is 32.5 Å². The number of benzene rings is 1. The van der Waals surface area contributed by atoms with E-state index in [0.29, 0.717) is 19.0 Å². The summed E-state index contributed by atoms with van der Waals surface area (Å²) in [5, 5.41) is 6.23. The Balaban J connectivity index is 0.00000420. The molecule has 0 saturated carbocycles. The first-order chi connectivity index (χ1) is 13.4. The van der Waals surface area contributed by atoms with E-state index in [2.05, 4.69) is 25.3 Å². The quantitative estimate of drug-likeness (QED) is 0.197. The summed E-state index contributed by atoms with van der Waals surface area (Å²) in [5.41, 5.74) is 1.08. The van der Waals surface area contributed by atoms with Crippen LogP contribution in [0, 0.1) is 6.92 Å². The molecular weight excluding hydrogens is 505 g/mol. The molecule has 0 spiro atoms. The van der Waals surface area contributed by atoms with Gasteiger partial charge in [-0.25, -0.2) is 13.1 Å². The van der Waals surface area contributed by atoms with Gasteiger partial charge >= 0.3 is 0 Å². The van der Waals surface area contributed by atoms with E-state index in [9.17, 15) is 8.42 Å². The molecule has 2 aromatic rings. The van der Waals surface area contributed by atoms with Gasteiger partial charge in [0.25, 0.3) is 0 Å². The summed E-state index contributed by atoms with van der Waals surface area (Å²) in [5.74, 6) is 1.42. The van der Waals surface area contributed by atoms with Crippen LogP contribution in [0.25, 0.3) is 0 Å².